The van der Waals surface area contributed by atoms with Crippen molar-refractivity contribution in [1.29, 1.82) is 0 Å². The number of hydrogen-bond donors (Lipinski definition) is 1. The molecule has 0 aliphatic carbocycles. The molecule has 0 saturated heterocycles. The number of aromatic nitrogens is 2. The summed E-state index contributed by atoms with van der Waals surface area (Å²) in [6.07, 6.45) is 1.78. The van der Waals surface area contributed by atoms with Crippen molar-refractivity contribution >= 4 is 29.9 Å². The highest BCUT2D eigenvalue weighted by atomic mass is 127. The number of guanidine groups is 1. The van der Waals surface area contributed by atoms with E-state index in [1.54, 1.807) is 20.4 Å². The molecule has 0 amide bonds. The van der Waals surface area contributed by atoms with Crippen molar-refractivity contribution in [3.05, 3.63) is 41.7 Å². The summed E-state index contributed by atoms with van der Waals surface area (Å²) in [6, 6.07) is 7.81. The van der Waals surface area contributed by atoms with E-state index in [4.69, 9.17) is 14.5 Å². The van der Waals surface area contributed by atoms with Crippen molar-refractivity contribution in [2.75, 3.05) is 27.8 Å². The number of nitrogens with one attached hydrogen (secondary N) is 1. The zero-order chi connectivity index (χ0) is 18.2. The second-order valence-electron chi connectivity index (χ2n) is 5.65. The molecule has 0 aliphatic rings. The SMILES string of the molecule is CCNC(=NCc1ccnn1C)N(C)Cc1ccc(OC)cc1OC.I. The molecule has 0 fully saturated rings. The van der Waals surface area contributed by atoms with Crippen molar-refractivity contribution in [3.63, 3.8) is 0 Å². The number of halogens is 1. The van der Waals surface area contributed by atoms with E-state index < -0.39 is 0 Å². The molecule has 0 atom stereocenters. The molecule has 0 radical (unpaired) electrons. The van der Waals surface area contributed by atoms with E-state index in [0.717, 1.165) is 35.3 Å². The molecule has 7 nitrogen and oxygen atoms in total. The predicted octanol–water partition coefficient (Wildman–Crippen LogP) is 2.65. The number of nitrogens with zero attached hydrogens (tertiary/aromatic N) is 4. The average molecular weight is 473 g/mol. The lowest BCUT2D eigenvalue weighted by atomic mass is 10.2. The van der Waals surface area contributed by atoms with E-state index in [2.05, 4.69) is 22.2 Å². The van der Waals surface area contributed by atoms with E-state index >= 15 is 0 Å². The highest BCUT2D eigenvalue weighted by Gasteiger charge is 2.11. The summed E-state index contributed by atoms with van der Waals surface area (Å²) in [5, 5.41) is 7.50. The summed E-state index contributed by atoms with van der Waals surface area (Å²) < 4.78 is 12.6. The third-order valence-corrected chi connectivity index (χ3v) is 3.91. The van der Waals surface area contributed by atoms with Gasteiger partial charge in [0.15, 0.2) is 5.96 Å². The zero-order valence-electron chi connectivity index (χ0n) is 16.0. The van der Waals surface area contributed by atoms with E-state index in [9.17, 15) is 0 Å². The number of benzene rings is 1. The van der Waals surface area contributed by atoms with Crippen LogP contribution in [-0.4, -0.2) is 48.5 Å². The maximum atomic E-state index is 5.48. The van der Waals surface area contributed by atoms with Gasteiger partial charge in [0.2, 0.25) is 0 Å². The van der Waals surface area contributed by atoms with Gasteiger partial charge in [-0.05, 0) is 25.1 Å². The van der Waals surface area contributed by atoms with Gasteiger partial charge in [0.1, 0.15) is 11.5 Å². The maximum absolute atomic E-state index is 5.48. The van der Waals surface area contributed by atoms with Gasteiger partial charge in [0, 0.05) is 45.0 Å². The monoisotopic (exact) mass is 473 g/mol. The first kappa shape index (κ1) is 22.1. The van der Waals surface area contributed by atoms with Crippen molar-refractivity contribution in [2.24, 2.45) is 12.0 Å². The van der Waals surface area contributed by atoms with Gasteiger partial charge in [0.25, 0.3) is 0 Å². The van der Waals surface area contributed by atoms with Crippen molar-refractivity contribution in [3.8, 4) is 11.5 Å². The fourth-order valence-corrected chi connectivity index (χ4v) is 2.49. The number of ether oxygens (including phenoxy) is 2. The average Bonchev–Trinajstić information content (AvgIpc) is 3.03. The molecule has 1 aromatic carbocycles. The first-order valence-electron chi connectivity index (χ1n) is 8.26. The number of hydrogen-bond acceptors (Lipinski definition) is 4. The van der Waals surface area contributed by atoms with E-state index in [0.29, 0.717) is 13.1 Å². The van der Waals surface area contributed by atoms with Crippen LogP contribution in [0.1, 0.15) is 18.2 Å². The highest BCUT2D eigenvalue weighted by Crippen LogP contribution is 2.25. The fourth-order valence-electron chi connectivity index (χ4n) is 2.49. The maximum Gasteiger partial charge on any atom is 0.194 e. The van der Waals surface area contributed by atoms with Gasteiger partial charge >= 0.3 is 0 Å². The summed E-state index contributed by atoms with van der Waals surface area (Å²) in [4.78, 5) is 6.78. The van der Waals surface area contributed by atoms with Crippen molar-refractivity contribution in [1.82, 2.24) is 20.0 Å². The first-order chi connectivity index (χ1) is 12.1. The fraction of sp³-hybridized carbons (Fsp3) is 0.444. The quantitative estimate of drug-likeness (QED) is 0.381. The van der Waals surface area contributed by atoms with Gasteiger partial charge in [-0.3, -0.25) is 4.68 Å². The minimum atomic E-state index is 0. The summed E-state index contributed by atoms with van der Waals surface area (Å²) in [5.74, 6) is 2.41. The minimum absolute atomic E-state index is 0. The summed E-state index contributed by atoms with van der Waals surface area (Å²) >= 11 is 0. The molecule has 8 heteroatoms. The molecule has 26 heavy (non-hydrogen) atoms. The van der Waals surface area contributed by atoms with E-state index in [1.165, 1.54) is 0 Å². The molecule has 0 spiro atoms. The Labute approximate surface area is 172 Å². The van der Waals surface area contributed by atoms with Crippen LogP contribution in [0.5, 0.6) is 11.5 Å². The topological polar surface area (TPSA) is 63.9 Å². The Morgan fingerprint density at radius 2 is 2.04 bits per heavy atom. The van der Waals surface area contributed by atoms with Gasteiger partial charge < -0.3 is 19.7 Å². The van der Waals surface area contributed by atoms with E-state index in [-0.39, 0.29) is 24.0 Å². The van der Waals surface area contributed by atoms with Gasteiger partial charge in [-0.15, -0.1) is 24.0 Å². The molecule has 144 valence electrons. The number of rotatable bonds is 7. The number of methoxy groups -OCH3 is 2. The van der Waals surface area contributed by atoms with Gasteiger partial charge in [0.05, 0.1) is 26.5 Å². The van der Waals surface area contributed by atoms with E-state index in [1.807, 2.05) is 43.0 Å². The van der Waals surface area contributed by atoms with Crippen molar-refractivity contribution < 1.29 is 9.47 Å². The minimum Gasteiger partial charge on any atom is -0.497 e. The lowest BCUT2D eigenvalue weighted by molar-refractivity contribution is 0.382. The molecule has 0 bridgehead atoms. The van der Waals surface area contributed by atoms with Crippen LogP contribution in [-0.2, 0) is 20.1 Å². The second-order valence-corrected chi connectivity index (χ2v) is 5.65. The summed E-state index contributed by atoms with van der Waals surface area (Å²) in [5.41, 5.74) is 2.13. The molecule has 1 aromatic heterocycles. The van der Waals surface area contributed by atoms with Crippen LogP contribution in [0.2, 0.25) is 0 Å². The first-order valence-corrected chi connectivity index (χ1v) is 8.26. The van der Waals surface area contributed by atoms with Crippen molar-refractivity contribution in [2.45, 2.75) is 20.0 Å². The zero-order valence-corrected chi connectivity index (χ0v) is 18.4. The summed E-state index contributed by atoms with van der Waals surface area (Å²) in [6.45, 7) is 4.10. The molecule has 1 heterocycles. The normalized spacial score (nSPS) is 10.9. The Morgan fingerprint density at radius 1 is 1.27 bits per heavy atom. The second kappa shape index (κ2) is 10.9. The van der Waals surface area contributed by atoms with Crippen LogP contribution in [0.15, 0.2) is 35.5 Å². The van der Waals surface area contributed by atoms with Crippen LogP contribution in [0, 0.1) is 0 Å². The van der Waals surface area contributed by atoms with Gasteiger partial charge in [-0.1, -0.05) is 0 Å². The molecule has 2 aromatic rings. The van der Waals surface area contributed by atoms with Crippen LogP contribution in [0.3, 0.4) is 0 Å². The Kier molecular flexibility index (Phi) is 9.25. The smallest absolute Gasteiger partial charge is 0.194 e. The molecule has 0 unspecified atom stereocenters. The Balaban J connectivity index is 0.00000338. The van der Waals surface area contributed by atoms with Crippen LogP contribution in [0.25, 0.3) is 0 Å². The molecule has 0 saturated carbocycles. The van der Waals surface area contributed by atoms with Crippen LogP contribution in [0.4, 0.5) is 0 Å². The molecular weight excluding hydrogens is 445 g/mol. The third kappa shape index (κ3) is 5.79. The van der Waals surface area contributed by atoms with Gasteiger partial charge in [-0.2, -0.15) is 5.10 Å². The standard InChI is InChI=1S/C18H27N5O2.HI/c1-6-19-18(20-12-15-9-10-21-23(15)3)22(2)13-14-7-8-16(24-4)11-17(14)25-5;/h7-11H,6,12-13H2,1-5H3,(H,19,20);1H. The lowest BCUT2D eigenvalue weighted by Crippen LogP contribution is -2.38. The Morgan fingerprint density at radius 3 is 2.62 bits per heavy atom. The summed E-state index contributed by atoms with van der Waals surface area (Å²) in [7, 11) is 7.24. The largest absolute Gasteiger partial charge is 0.497 e. The molecular formula is C18H28IN5O2. The predicted molar refractivity (Wildman–Crippen MR) is 114 cm³/mol. The van der Waals surface area contributed by atoms with Crippen LogP contribution < -0.4 is 14.8 Å². The molecule has 0 aliphatic heterocycles. The molecule has 2 rings (SSSR count). The number of aryl methyl sites for hydroxylation is 1. The Hall–Kier alpha value is -1.97. The highest BCUT2D eigenvalue weighted by molar-refractivity contribution is 14.0. The third-order valence-electron chi connectivity index (χ3n) is 3.91. The van der Waals surface area contributed by atoms with Crippen LogP contribution >= 0.6 is 24.0 Å². The molecule has 1 N–H and O–H groups in total. The Bertz CT molecular complexity index is 717. The lowest BCUT2D eigenvalue weighted by Gasteiger charge is -2.23. The number of aliphatic imine (C=N–C) groups is 1. The van der Waals surface area contributed by atoms with Gasteiger partial charge in [-0.25, -0.2) is 4.99 Å².